The molecule has 0 saturated carbocycles. The highest BCUT2D eigenvalue weighted by atomic mass is 16.1. The van der Waals surface area contributed by atoms with Crippen molar-refractivity contribution >= 4 is 11.6 Å². The van der Waals surface area contributed by atoms with Crippen LogP contribution in [0, 0.1) is 6.92 Å². The smallest absolute Gasteiger partial charge is 0.259 e. The molecule has 162 valence electrons. The molecular weight excluding hydrogens is 412 g/mol. The first kappa shape index (κ1) is 20.4. The number of aryl methyl sites for hydroxylation is 1. The summed E-state index contributed by atoms with van der Waals surface area (Å²) in [6.07, 6.45) is 8.91. The molecule has 0 aliphatic carbocycles. The Morgan fingerprint density at radius 2 is 1.79 bits per heavy atom. The third-order valence-corrected chi connectivity index (χ3v) is 5.40. The van der Waals surface area contributed by atoms with Crippen LogP contribution < -0.4 is 5.32 Å². The molecule has 3 aromatic heterocycles. The number of carbonyl (C=O) groups excluding carboxylic acids is 1. The maximum Gasteiger partial charge on any atom is 0.259 e. The zero-order valence-electron chi connectivity index (χ0n) is 18.1. The Morgan fingerprint density at radius 1 is 0.970 bits per heavy atom. The van der Waals surface area contributed by atoms with Gasteiger partial charge in [-0.3, -0.25) is 9.78 Å². The van der Waals surface area contributed by atoms with Crippen LogP contribution in [-0.4, -0.2) is 30.2 Å². The van der Waals surface area contributed by atoms with Crippen LogP contribution in [0.3, 0.4) is 0 Å². The highest BCUT2D eigenvalue weighted by Crippen LogP contribution is 2.24. The number of amides is 1. The highest BCUT2D eigenvalue weighted by molar-refractivity contribution is 6.08. The summed E-state index contributed by atoms with van der Waals surface area (Å²) >= 11 is 0. The Balaban J connectivity index is 1.41. The van der Waals surface area contributed by atoms with E-state index >= 15 is 0 Å². The van der Waals surface area contributed by atoms with E-state index in [2.05, 4.69) is 25.0 Å². The number of nitrogens with one attached hydrogen (secondary N) is 1. The number of hydrogen-bond acceptors (Lipinski definition) is 4. The molecule has 0 radical (unpaired) electrons. The van der Waals surface area contributed by atoms with Crippen molar-refractivity contribution in [3.05, 3.63) is 115 Å². The van der Waals surface area contributed by atoms with Gasteiger partial charge in [0.1, 0.15) is 11.5 Å². The highest BCUT2D eigenvalue weighted by Gasteiger charge is 2.19. The number of rotatable bonds is 6. The molecule has 33 heavy (non-hydrogen) atoms. The summed E-state index contributed by atoms with van der Waals surface area (Å²) in [7, 11) is 0. The van der Waals surface area contributed by atoms with E-state index in [0.717, 1.165) is 34.9 Å². The molecule has 0 bridgehead atoms. The van der Waals surface area contributed by atoms with Gasteiger partial charge in [-0.2, -0.15) is 5.10 Å². The average molecular weight is 435 g/mol. The van der Waals surface area contributed by atoms with E-state index in [0.29, 0.717) is 11.3 Å². The van der Waals surface area contributed by atoms with Crippen molar-refractivity contribution in [1.29, 1.82) is 0 Å². The monoisotopic (exact) mass is 434 g/mol. The number of nitrogens with zero attached hydrogens (tertiary/aromatic N) is 5. The van der Waals surface area contributed by atoms with Gasteiger partial charge in [0.15, 0.2) is 0 Å². The van der Waals surface area contributed by atoms with Crippen LogP contribution in [0.5, 0.6) is 0 Å². The zero-order chi connectivity index (χ0) is 22.6. The number of benzene rings is 2. The molecule has 7 nitrogen and oxygen atoms in total. The minimum atomic E-state index is -0.228. The van der Waals surface area contributed by atoms with E-state index in [-0.39, 0.29) is 5.91 Å². The molecule has 7 heteroatoms. The number of aromatic nitrogens is 5. The average Bonchev–Trinajstić information content (AvgIpc) is 3.48. The van der Waals surface area contributed by atoms with Gasteiger partial charge in [-0.25, -0.2) is 9.67 Å². The molecule has 5 rings (SSSR count). The second-order valence-electron chi connectivity index (χ2n) is 7.67. The minimum absolute atomic E-state index is 0.228. The Hall–Kier alpha value is -4.52. The van der Waals surface area contributed by atoms with Crippen molar-refractivity contribution in [1.82, 2.24) is 24.3 Å². The standard InChI is InChI=1S/C26H22N6O/c1-19-28-14-15-31(19)17-20-9-11-22(12-10-20)29-26(33)24-18-32(23-7-3-2-4-8-23)30-25(24)21-6-5-13-27-16-21/h2-16,18H,17H2,1H3,(H,29,33). The Labute approximate surface area is 191 Å². The van der Waals surface area contributed by atoms with E-state index in [9.17, 15) is 4.79 Å². The predicted molar refractivity (Wildman–Crippen MR) is 127 cm³/mol. The summed E-state index contributed by atoms with van der Waals surface area (Å²) in [5.41, 5.74) is 4.56. The zero-order valence-corrected chi connectivity index (χ0v) is 18.1. The van der Waals surface area contributed by atoms with Gasteiger partial charge in [0, 0.05) is 48.8 Å². The van der Waals surface area contributed by atoms with E-state index in [1.807, 2.05) is 79.9 Å². The molecule has 0 unspecified atom stereocenters. The van der Waals surface area contributed by atoms with Gasteiger partial charge in [-0.1, -0.05) is 30.3 Å². The van der Waals surface area contributed by atoms with Crippen LogP contribution in [-0.2, 0) is 6.54 Å². The Bertz CT molecular complexity index is 1370. The molecule has 3 heterocycles. The number of para-hydroxylation sites is 1. The fourth-order valence-electron chi connectivity index (χ4n) is 3.63. The van der Waals surface area contributed by atoms with Crippen LogP contribution in [0.4, 0.5) is 5.69 Å². The van der Waals surface area contributed by atoms with Gasteiger partial charge in [-0.05, 0) is 48.9 Å². The lowest BCUT2D eigenvalue weighted by Crippen LogP contribution is -2.12. The lowest BCUT2D eigenvalue weighted by molar-refractivity contribution is 0.102. The van der Waals surface area contributed by atoms with Crippen molar-refractivity contribution in [3.63, 3.8) is 0 Å². The molecule has 1 N–H and O–H groups in total. The predicted octanol–water partition coefficient (Wildman–Crippen LogP) is 4.74. The molecule has 2 aromatic carbocycles. The van der Waals surface area contributed by atoms with Crippen molar-refractivity contribution in [2.24, 2.45) is 0 Å². The molecule has 5 aromatic rings. The van der Waals surface area contributed by atoms with Crippen LogP contribution in [0.2, 0.25) is 0 Å². The van der Waals surface area contributed by atoms with Crippen LogP contribution in [0.1, 0.15) is 21.7 Å². The summed E-state index contributed by atoms with van der Waals surface area (Å²) in [6, 6.07) is 21.3. The van der Waals surface area contributed by atoms with E-state index in [4.69, 9.17) is 0 Å². The fraction of sp³-hybridized carbons (Fsp3) is 0.0769. The molecule has 1 amide bonds. The fourth-order valence-corrected chi connectivity index (χ4v) is 3.63. The minimum Gasteiger partial charge on any atom is -0.331 e. The lowest BCUT2D eigenvalue weighted by atomic mass is 10.1. The SMILES string of the molecule is Cc1nccn1Cc1ccc(NC(=O)c2cn(-c3ccccc3)nc2-c2cccnc2)cc1. The molecule has 0 atom stereocenters. The maximum atomic E-state index is 13.2. The van der Waals surface area contributed by atoms with Gasteiger partial charge in [0.2, 0.25) is 0 Å². The topological polar surface area (TPSA) is 77.6 Å². The summed E-state index contributed by atoms with van der Waals surface area (Å²) in [5.74, 6) is 0.736. The van der Waals surface area contributed by atoms with E-state index in [1.165, 1.54) is 0 Å². The normalized spacial score (nSPS) is 10.8. The summed E-state index contributed by atoms with van der Waals surface area (Å²) in [5, 5.41) is 7.68. The largest absolute Gasteiger partial charge is 0.331 e. The van der Waals surface area contributed by atoms with Crippen molar-refractivity contribution in [2.45, 2.75) is 13.5 Å². The van der Waals surface area contributed by atoms with Crippen LogP contribution in [0.15, 0.2) is 97.7 Å². The van der Waals surface area contributed by atoms with Gasteiger partial charge in [0.25, 0.3) is 5.91 Å². The summed E-state index contributed by atoms with van der Waals surface area (Å²) < 4.78 is 3.79. The number of anilines is 1. The number of hydrogen-bond donors (Lipinski definition) is 1. The summed E-state index contributed by atoms with van der Waals surface area (Å²) in [4.78, 5) is 21.7. The Kier molecular flexibility index (Phi) is 5.51. The quantitative estimate of drug-likeness (QED) is 0.419. The second-order valence-corrected chi connectivity index (χ2v) is 7.67. The first-order valence-corrected chi connectivity index (χ1v) is 10.6. The van der Waals surface area contributed by atoms with Crippen LogP contribution in [0.25, 0.3) is 16.9 Å². The number of carbonyl (C=O) groups is 1. The Morgan fingerprint density at radius 3 is 2.48 bits per heavy atom. The first-order valence-electron chi connectivity index (χ1n) is 10.6. The molecule has 0 saturated heterocycles. The summed E-state index contributed by atoms with van der Waals surface area (Å²) in [6.45, 7) is 2.71. The van der Waals surface area contributed by atoms with Gasteiger partial charge in [0.05, 0.1) is 11.3 Å². The molecular formula is C26H22N6O. The van der Waals surface area contributed by atoms with Crippen molar-refractivity contribution in [2.75, 3.05) is 5.32 Å². The van der Waals surface area contributed by atoms with Crippen molar-refractivity contribution in [3.8, 4) is 16.9 Å². The number of pyridine rings is 1. The second kappa shape index (κ2) is 8.92. The molecule has 0 aliphatic heterocycles. The van der Waals surface area contributed by atoms with Crippen LogP contribution >= 0.6 is 0 Å². The third-order valence-electron chi connectivity index (χ3n) is 5.40. The van der Waals surface area contributed by atoms with Gasteiger partial charge < -0.3 is 9.88 Å². The van der Waals surface area contributed by atoms with Gasteiger partial charge >= 0.3 is 0 Å². The maximum absolute atomic E-state index is 13.2. The molecule has 0 fully saturated rings. The third kappa shape index (κ3) is 4.43. The first-order chi connectivity index (χ1) is 16.2. The molecule has 0 spiro atoms. The molecule has 0 aliphatic rings. The van der Waals surface area contributed by atoms with Gasteiger partial charge in [-0.15, -0.1) is 0 Å². The number of imidazole rings is 1. The van der Waals surface area contributed by atoms with E-state index in [1.54, 1.807) is 29.5 Å². The lowest BCUT2D eigenvalue weighted by Gasteiger charge is -2.08. The van der Waals surface area contributed by atoms with E-state index < -0.39 is 0 Å². The van der Waals surface area contributed by atoms with Crippen molar-refractivity contribution < 1.29 is 4.79 Å².